The predicted molar refractivity (Wildman–Crippen MR) is 127 cm³/mol. The van der Waals surface area contributed by atoms with E-state index in [4.69, 9.17) is 10.5 Å². The Balaban J connectivity index is 1.51. The van der Waals surface area contributed by atoms with Crippen molar-refractivity contribution in [1.82, 2.24) is 4.90 Å². The normalized spacial score (nSPS) is 27.5. The van der Waals surface area contributed by atoms with Gasteiger partial charge in [0.1, 0.15) is 22.8 Å². The molecule has 1 heterocycles. The molecule has 196 valence electrons. The molecule has 37 heavy (non-hydrogen) atoms. The number of phenolic OH excluding ortho intramolecular Hbond substituents is 1. The van der Waals surface area contributed by atoms with E-state index in [1.165, 1.54) is 6.07 Å². The molecule has 0 unspecified atom stereocenters. The number of ketones is 2. The number of aromatic hydroxyl groups is 1. The summed E-state index contributed by atoms with van der Waals surface area (Å²) in [5.74, 6) is -6.65. The van der Waals surface area contributed by atoms with Crippen molar-refractivity contribution < 1.29 is 44.3 Å². The third kappa shape index (κ3) is 3.80. The van der Waals surface area contributed by atoms with Gasteiger partial charge in [0.05, 0.1) is 18.8 Å². The van der Waals surface area contributed by atoms with Crippen LogP contribution in [0, 0.1) is 11.8 Å². The molecule has 3 aliphatic carbocycles. The van der Waals surface area contributed by atoms with E-state index in [2.05, 4.69) is 0 Å². The quantitative estimate of drug-likeness (QED) is 0.352. The summed E-state index contributed by atoms with van der Waals surface area (Å²) in [6, 6.07) is 3.05. The second-order valence-electron chi connectivity index (χ2n) is 10.00. The van der Waals surface area contributed by atoms with Gasteiger partial charge in [-0.2, -0.15) is 0 Å². The molecule has 0 spiro atoms. The lowest BCUT2D eigenvalue weighted by atomic mass is 9.59. The molecule has 1 aromatic carbocycles. The largest absolute Gasteiger partial charge is 0.508 e. The van der Waals surface area contributed by atoms with Crippen molar-refractivity contribution >= 4 is 29.1 Å². The SMILES string of the molecule is NC(=O)C1=C(O)[C@@]2(O)C(=O)C3=C(O)c4c(O)ccc(CCC(=O)N5CCOCC5)c4C[C@H]3C[C@H]2CC1=O. The Kier molecular flexibility index (Phi) is 6.07. The molecule has 0 bridgehead atoms. The van der Waals surface area contributed by atoms with Crippen LogP contribution in [0.2, 0.25) is 0 Å². The molecular weight excluding hydrogens is 484 g/mol. The fourth-order valence-electron chi connectivity index (χ4n) is 6.13. The molecule has 2 fully saturated rings. The average Bonchev–Trinajstić information content (AvgIpc) is 2.86. The molecule has 0 aromatic heterocycles. The summed E-state index contributed by atoms with van der Waals surface area (Å²) in [6.45, 7) is 2.01. The highest BCUT2D eigenvalue weighted by Gasteiger charge is 2.60. The number of benzene rings is 1. The van der Waals surface area contributed by atoms with E-state index >= 15 is 0 Å². The van der Waals surface area contributed by atoms with Gasteiger partial charge in [0.2, 0.25) is 11.7 Å². The van der Waals surface area contributed by atoms with Crippen molar-refractivity contribution in [3.05, 3.63) is 45.7 Å². The molecule has 1 saturated carbocycles. The highest BCUT2D eigenvalue weighted by atomic mass is 16.5. The number of primary amides is 1. The van der Waals surface area contributed by atoms with E-state index in [9.17, 15) is 39.6 Å². The Morgan fingerprint density at radius 3 is 2.49 bits per heavy atom. The maximum Gasteiger partial charge on any atom is 0.255 e. The number of aliphatic hydroxyl groups excluding tert-OH is 2. The van der Waals surface area contributed by atoms with Crippen LogP contribution in [-0.2, 0) is 36.8 Å². The number of amides is 2. The minimum absolute atomic E-state index is 0.0310. The maximum absolute atomic E-state index is 13.5. The zero-order chi connectivity index (χ0) is 26.6. The fraction of sp³-hybridized carbons (Fsp3) is 0.462. The molecule has 5 rings (SSSR count). The summed E-state index contributed by atoms with van der Waals surface area (Å²) in [4.78, 5) is 52.1. The van der Waals surface area contributed by atoms with E-state index in [0.717, 1.165) is 5.56 Å². The Bertz CT molecular complexity index is 1290. The molecule has 1 aromatic rings. The number of aliphatic hydroxyl groups is 3. The van der Waals surface area contributed by atoms with Crippen LogP contribution in [0.15, 0.2) is 29.0 Å². The van der Waals surface area contributed by atoms with Crippen LogP contribution < -0.4 is 5.73 Å². The van der Waals surface area contributed by atoms with E-state index in [1.807, 2.05) is 0 Å². The van der Waals surface area contributed by atoms with Crippen molar-refractivity contribution in [3.63, 3.8) is 0 Å². The zero-order valence-electron chi connectivity index (χ0n) is 20.0. The van der Waals surface area contributed by atoms with Crippen LogP contribution in [0.3, 0.4) is 0 Å². The molecule has 11 nitrogen and oxygen atoms in total. The molecule has 2 amide bonds. The number of carbonyl (C=O) groups excluding carboxylic acids is 4. The van der Waals surface area contributed by atoms with Crippen LogP contribution in [0.5, 0.6) is 5.75 Å². The van der Waals surface area contributed by atoms with E-state index in [-0.39, 0.29) is 48.5 Å². The topological polar surface area (TPSA) is 188 Å². The van der Waals surface area contributed by atoms with Gasteiger partial charge in [0, 0.05) is 37.4 Å². The Labute approximate surface area is 211 Å². The van der Waals surface area contributed by atoms with Gasteiger partial charge in [-0.3, -0.25) is 19.2 Å². The van der Waals surface area contributed by atoms with Crippen LogP contribution in [-0.4, -0.2) is 80.6 Å². The minimum Gasteiger partial charge on any atom is -0.508 e. The standard InChI is InChI=1S/C26H28N2O9/c27-25(35)21-17(30)11-14-9-13-10-15-12(2-4-18(31)28-5-7-37-8-6-28)1-3-16(29)20(15)22(32)19(13)23(33)26(14,36)24(21)34/h1,3,13-14,29,32,34,36H,2,4-11H2,(H2,27,35)/t13-,14+,26+/m1/s1. The monoisotopic (exact) mass is 512 g/mol. The van der Waals surface area contributed by atoms with Gasteiger partial charge >= 0.3 is 0 Å². The number of nitrogens with two attached hydrogens (primary N) is 1. The van der Waals surface area contributed by atoms with Gasteiger partial charge in [-0.15, -0.1) is 0 Å². The molecular formula is C26H28N2O9. The summed E-state index contributed by atoms with van der Waals surface area (Å²) in [5.41, 5.74) is 2.95. The van der Waals surface area contributed by atoms with Crippen LogP contribution >= 0.6 is 0 Å². The van der Waals surface area contributed by atoms with Crippen LogP contribution in [0.1, 0.15) is 36.0 Å². The smallest absolute Gasteiger partial charge is 0.255 e. The third-order valence-corrected chi connectivity index (χ3v) is 8.02. The lowest BCUT2D eigenvalue weighted by Gasteiger charge is -2.46. The lowest BCUT2D eigenvalue weighted by molar-refractivity contribution is -0.147. The first-order valence-electron chi connectivity index (χ1n) is 12.2. The van der Waals surface area contributed by atoms with Gasteiger partial charge in [0.15, 0.2) is 11.4 Å². The number of Topliss-reactive ketones (excluding diaryl/α,β-unsaturated/α-hetero) is 2. The van der Waals surface area contributed by atoms with Crippen molar-refractivity contribution in [2.45, 2.75) is 37.7 Å². The van der Waals surface area contributed by atoms with Gasteiger partial charge in [0.25, 0.3) is 5.91 Å². The Morgan fingerprint density at radius 1 is 1.11 bits per heavy atom. The number of carbonyl (C=O) groups is 4. The van der Waals surface area contributed by atoms with Crippen molar-refractivity contribution in [1.29, 1.82) is 0 Å². The number of phenols is 1. The van der Waals surface area contributed by atoms with Gasteiger partial charge in [-0.05, 0) is 42.4 Å². The zero-order valence-corrected chi connectivity index (χ0v) is 20.0. The summed E-state index contributed by atoms with van der Waals surface area (Å²) in [5, 5.41) is 43.7. The molecule has 4 aliphatic rings. The molecule has 11 heteroatoms. The van der Waals surface area contributed by atoms with Crippen molar-refractivity contribution in [3.8, 4) is 5.75 Å². The number of nitrogens with zero attached hydrogens (tertiary/aromatic N) is 1. The van der Waals surface area contributed by atoms with E-state index in [0.29, 0.717) is 38.3 Å². The number of hydrogen-bond donors (Lipinski definition) is 5. The predicted octanol–water partition coefficient (Wildman–Crippen LogP) is 0.215. The van der Waals surface area contributed by atoms with Crippen molar-refractivity contribution in [2.75, 3.05) is 26.3 Å². The molecule has 0 radical (unpaired) electrons. The number of hydrogen-bond acceptors (Lipinski definition) is 9. The summed E-state index contributed by atoms with van der Waals surface area (Å²) >= 11 is 0. The fourth-order valence-corrected chi connectivity index (χ4v) is 6.13. The Hall–Kier alpha value is -3.70. The highest BCUT2D eigenvalue weighted by molar-refractivity contribution is 6.22. The van der Waals surface area contributed by atoms with Crippen molar-refractivity contribution in [2.24, 2.45) is 17.6 Å². The third-order valence-electron chi connectivity index (χ3n) is 8.02. The highest BCUT2D eigenvalue weighted by Crippen LogP contribution is 2.52. The second-order valence-corrected chi connectivity index (χ2v) is 10.00. The molecule has 3 atom stereocenters. The Morgan fingerprint density at radius 2 is 1.81 bits per heavy atom. The minimum atomic E-state index is -2.59. The summed E-state index contributed by atoms with van der Waals surface area (Å²) < 4.78 is 5.28. The second kappa shape index (κ2) is 9.00. The van der Waals surface area contributed by atoms with Crippen LogP contribution in [0.4, 0.5) is 0 Å². The summed E-state index contributed by atoms with van der Waals surface area (Å²) in [7, 11) is 0. The summed E-state index contributed by atoms with van der Waals surface area (Å²) in [6.07, 6.45) is 0.459. The number of fused-ring (bicyclic) bond motifs is 3. The molecule has 6 N–H and O–H groups in total. The number of ether oxygens (including phenoxy) is 1. The first-order chi connectivity index (χ1) is 17.6. The number of rotatable bonds is 4. The van der Waals surface area contributed by atoms with E-state index in [1.54, 1.807) is 11.0 Å². The number of aryl methyl sites for hydroxylation is 1. The van der Waals surface area contributed by atoms with Crippen LogP contribution in [0.25, 0.3) is 5.76 Å². The molecule has 1 saturated heterocycles. The van der Waals surface area contributed by atoms with Gasteiger partial charge in [-0.1, -0.05) is 6.07 Å². The molecule has 1 aliphatic heterocycles. The average molecular weight is 513 g/mol. The number of morpholine rings is 1. The van der Waals surface area contributed by atoms with Gasteiger partial charge < -0.3 is 35.8 Å². The maximum atomic E-state index is 13.5. The van der Waals surface area contributed by atoms with Gasteiger partial charge in [-0.25, -0.2) is 0 Å². The first kappa shape index (κ1) is 25.0. The van der Waals surface area contributed by atoms with E-state index < -0.39 is 52.0 Å². The lowest BCUT2D eigenvalue weighted by Crippen LogP contribution is -2.58. The first-order valence-corrected chi connectivity index (χ1v) is 12.2.